The molecule has 0 N–H and O–H groups in total. The highest BCUT2D eigenvalue weighted by atomic mass is 28.3. The van der Waals surface area contributed by atoms with E-state index < -0.39 is 8.07 Å². The Kier molecular flexibility index (Phi) is 1.65. The molecule has 1 aliphatic heterocycles. The minimum absolute atomic E-state index is 0.399. The highest BCUT2D eigenvalue weighted by Gasteiger charge is 2.76. The van der Waals surface area contributed by atoms with Crippen LogP contribution >= 0.6 is 0 Å². The number of hydrogen-bond donors (Lipinski definition) is 0. The van der Waals surface area contributed by atoms with Crippen LogP contribution in [0.25, 0.3) is 0 Å². The largest absolute Gasteiger partial charge is 0.366 e. The van der Waals surface area contributed by atoms with E-state index >= 15 is 0 Å². The highest BCUT2D eigenvalue weighted by molar-refractivity contribution is 6.80. The van der Waals surface area contributed by atoms with Crippen LogP contribution in [-0.2, 0) is 4.74 Å². The van der Waals surface area contributed by atoms with E-state index in [0.29, 0.717) is 16.7 Å². The van der Waals surface area contributed by atoms with Crippen molar-refractivity contribution >= 4 is 8.07 Å². The maximum atomic E-state index is 6.15. The van der Waals surface area contributed by atoms with Crippen LogP contribution in [0.2, 0.25) is 24.7 Å². The van der Waals surface area contributed by atoms with Crippen molar-refractivity contribution in [1.29, 1.82) is 0 Å². The monoisotopic (exact) mass is 210 g/mol. The van der Waals surface area contributed by atoms with Crippen molar-refractivity contribution in [2.24, 2.45) is 0 Å². The number of hydrogen-bond acceptors (Lipinski definition) is 1. The zero-order chi connectivity index (χ0) is 10.0. The second-order valence-electron chi connectivity index (χ2n) is 6.57. The Morgan fingerprint density at radius 1 is 1.07 bits per heavy atom. The fourth-order valence-electron chi connectivity index (χ4n) is 4.04. The molecule has 1 heterocycles. The highest BCUT2D eigenvalue weighted by Crippen LogP contribution is 2.77. The minimum Gasteiger partial charge on any atom is -0.366 e. The Balaban J connectivity index is 1.89. The molecule has 80 valence electrons. The molecule has 3 fully saturated rings. The first-order chi connectivity index (χ1) is 6.52. The fraction of sp³-hybridized carbons (Fsp3) is 1.00. The van der Waals surface area contributed by atoms with Gasteiger partial charge in [0.1, 0.15) is 0 Å². The first kappa shape index (κ1) is 9.41. The van der Waals surface area contributed by atoms with Crippen LogP contribution in [0.1, 0.15) is 38.5 Å². The van der Waals surface area contributed by atoms with Gasteiger partial charge in [-0.3, -0.25) is 0 Å². The van der Waals surface area contributed by atoms with Gasteiger partial charge in [-0.05, 0) is 30.7 Å². The summed E-state index contributed by atoms with van der Waals surface area (Å²) >= 11 is 0. The summed E-state index contributed by atoms with van der Waals surface area (Å²) in [6, 6.07) is 0. The molecule has 2 heteroatoms. The Bertz CT molecular complexity index is 264. The summed E-state index contributed by atoms with van der Waals surface area (Å²) in [6.45, 7) is 7.63. The third-order valence-corrected chi connectivity index (χ3v) is 8.87. The molecular formula is C12H22OSi. The van der Waals surface area contributed by atoms with Crippen LogP contribution in [0, 0.1) is 0 Å². The molecule has 0 aromatic heterocycles. The lowest BCUT2D eigenvalue weighted by atomic mass is 9.85. The molecule has 1 saturated heterocycles. The maximum Gasteiger partial charge on any atom is 0.0980 e. The van der Waals surface area contributed by atoms with Crippen LogP contribution < -0.4 is 0 Å². The van der Waals surface area contributed by atoms with Crippen molar-refractivity contribution in [1.82, 2.24) is 0 Å². The quantitative estimate of drug-likeness (QED) is 0.501. The molecule has 2 aliphatic carbocycles. The van der Waals surface area contributed by atoms with E-state index in [-0.39, 0.29) is 0 Å². The SMILES string of the molecule is C[Si](C)(C)C1(C23CCCCC2O3)CC1. The van der Waals surface area contributed by atoms with Crippen LogP contribution in [0.3, 0.4) is 0 Å². The molecule has 2 atom stereocenters. The van der Waals surface area contributed by atoms with Gasteiger partial charge >= 0.3 is 0 Å². The minimum atomic E-state index is -1.02. The van der Waals surface area contributed by atoms with E-state index in [9.17, 15) is 0 Å². The van der Waals surface area contributed by atoms with Crippen LogP contribution in [0.4, 0.5) is 0 Å². The summed E-state index contributed by atoms with van der Waals surface area (Å²) in [7, 11) is -1.02. The molecule has 0 aromatic rings. The molecule has 2 unspecified atom stereocenters. The van der Waals surface area contributed by atoms with E-state index in [1.165, 1.54) is 38.5 Å². The zero-order valence-corrected chi connectivity index (χ0v) is 10.7. The average Bonchev–Trinajstić information content (AvgIpc) is 2.97. The normalized spacial score (nSPS) is 44.4. The van der Waals surface area contributed by atoms with Crippen molar-refractivity contribution in [3.63, 3.8) is 0 Å². The molecule has 14 heavy (non-hydrogen) atoms. The van der Waals surface area contributed by atoms with Gasteiger partial charge < -0.3 is 4.74 Å². The number of epoxide rings is 1. The molecular weight excluding hydrogens is 188 g/mol. The van der Waals surface area contributed by atoms with Gasteiger partial charge in [0, 0.05) is 0 Å². The van der Waals surface area contributed by atoms with Gasteiger partial charge in [0.2, 0.25) is 0 Å². The molecule has 0 bridgehead atoms. The lowest BCUT2D eigenvalue weighted by Gasteiger charge is -2.36. The summed E-state index contributed by atoms with van der Waals surface area (Å²) in [5.41, 5.74) is 0.399. The van der Waals surface area contributed by atoms with E-state index in [1.54, 1.807) is 0 Å². The molecule has 0 radical (unpaired) electrons. The Morgan fingerprint density at radius 2 is 1.79 bits per heavy atom. The van der Waals surface area contributed by atoms with Gasteiger partial charge in [0.05, 0.1) is 19.8 Å². The number of rotatable bonds is 2. The summed E-state index contributed by atoms with van der Waals surface area (Å²) in [4.78, 5) is 0. The van der Waals surface area contributed by atoms with Gasteiger partial charge in [0.25, 0.3) is 0 Å². The van der Waals surface area contributed by atoms with Gasteiger partial charge in [-0.2, -0.15) is 0 Å². The van der Waals surface area contributed by atoms with Crippen molar-refractivity contribution in [3.05, 3.63) is 0 Å². The van der Waals surface area contributed by atoms with E-state index in [1.807, 2.05) is 0 Å². The smallest absolute Gasteiger partial charge is 0.0980 e. The average molecular weight is 210 g/mol. The zero-order valence-electron chi connectivity index (χ0n) is 9.73. The summed E-state index contributed by atoms with van der Waals surface area (Å²) < 4.78 is 6.15. The molecule has 1 nitrogen and oxygen atoms in total. The second-order valence-corrected chi connectivity index (χ2v) is 12.0. The molecule has 0 spiro atoms. The molecule has 0 aromatic carbocycles. The first-order valence-electron chi connectivity index (χ1n) is 6.20. The third-order valence-electron chi connectivity index (χ3n) is 5.08. The van der Waals surface area contributed by atoms with Crippen molar-refractivity contribution in [3.8, 4) is 0 Å². The second kappa shape index (κ2) is 2.46. The van der Waals surface area contributed by atoms with Crippen LogP contribution in [0.5, 0.6) is 0 Å². The lowest BCUT2D eigenvalue weighted by molar-refractivity contribution is 0.260. The molecule has 0 amide bonds. The first-order valence-corrected chi connectivity index (χ1v) is 9.70. The predicted octanol–water partition coefficient (Wildman–Crippen LogP) is 3.57. The summed E-state index contributed by atoms with van der Waals surface area (Å²) in [5.74, 6) is 0. The Hall–Kier alpha value is 0.177. The fourth-order valence-corrected chi connectivity index (χ4v) is 7.28. The number of fused-ring (bicyclic) bond motifs is 1. The van der Waals surface area contributed by atoms with E-state index in [0.717, 1.165) is 0 Å². The third kappa shape index (κ3) is 0.942. The summed E-state index contributed by atoms with van der Waals surface area (Å²) in [6.07, 6.45) is 9.18. The van der Waals surface area contributed by atoms with Gasteiger partial charge in [-0.25, -0.2) is 0 Å². The lowest BCUT2D eigenvalue weighted by Crippen LogP contribution is -2.42. The molecule has 2 saturated carbocycles. The van der Waals surface area contributed by atoms with Crippen molar-refractivity contribution in [2.45, 2.75) is 74.9 Å². The standard InChI is InChI=1S/C12H22OSi/c1-14(2,3)11(8-9-11)12-7-5-4-6-10(12)13-12/h10H,4-9H2,1-3H3. The van der Waals surface area contributed by atoms with E-state index in [2.05, 4.69) is 19.6 Å². The van der Waals surface area contributed by atoms with Gasteiger partial charge in [-0.1, -0.05) is 32.5 Å². The topological polar surface area (TPSA) is 12.5 Å². The molecule has 3 rings (SSSR count). The van der Waals surface area contributed by atoms with Gasteiger partial charge in [-0.15, -0.1) is 0 Å². The number of ether oxygens (including phenoxy) is 1. The van der Waals surface area contributed by atoms with Crippen LogP contribution in [-0.4, -0.2) is 19.8 Å². The van der Waals surface area contributed by atoms with Crippen LogP contribution in [0.15, 0.2) is 0 Å². The van der Waals surface area contributed by atoms with Gasteiger partial charge in [0.15, 0.2) is 0 Å². The Labute approximate surface area is 88.2 Å². The van der Waals surface area contributed by atoms with Crippen molar-refractivity contribution < 1.29 is 4.74 Å². The Morgan fingerprint density at radius 3 is 2.29 bits per heavy atom. The summed E-state index contributed by atoms with van der Waals surface area (Å²) in [5, 5.41) is 0.686. The molecule has 3 aliphatic rings. The maximum absolute atomic E-state index is 6.15. The predicted molar refractivity (Wildman–Crippen MR) is 61.3 cm³/mol. The van der Waals surface area contributed by atoms with E-state index in [4.69, 9.17) is 4.74 Å². The van der Waals surface area contributed by atoms with Crippen molar-refractivity contribution in [2.75, 3.05) is 0 Å².